The van der Waals surface area contributed by atoms with Crippen LogP contribution in [0.5, 0.6) is 5.75 Å². The molecule has 0 bridgehead atoms. The zero-order valence-electron chi connectivity index (χ0n) is 9.10. The number of aromatic hydroxyl groups is 1. The lowest BCUT2D eigenvalue weighted by Gasteiger charge is -2.19. The molecule has 1 saturated carbocycles. The fraction of sp³-hybridized carbons (Fsp3) is 0.500. The summed E-state index contributed by atoms with van der Waals surface area (Å²) in [7, 11) is 0. The van der Waals surface area contributed by atoms with Crippen molar-refractivity contribution in [3.8, 4) is 5.75 Å². The summed E-state index contributed by atoms with van der Waals surface area (Å²) in [6, 6.07) is 2.11. The first-order chi connectivity index (χ1) is 7.02. The van der Waals surface area contributed by atoms with Gasteiger partial charge in [0.15, 0.2) is 0 Å². The van der Waals surface area contributed by atoms with E-state index in [9.17, 15) is 5.11 Å². The lowest BCUT2D eigenvalue weighted by molar-refractivity contribution is 0.454. The fourth-order valence-electron chi connectivity index (χ4n) is 2.32. The molecular weight excluding hydrogens is 254 g/mol. The molecule has 2 nitrogen and oxygen atoms in total. The topological polar surface area (TPSA) is 46.2 Å². The van der Waals surface area contributed by atoms with Crippen molar-refractivity contribution in [1.29, 1.82) is 0 Å². The van der Waals surface area contributed by atoms with Crippen molar-refractivity contribution in [3.05, 3.63) is 27.2 Å². The molecule has 0 radical (unpaired) electrons. The Kier molecular flexibility index (Phi) is 2.55. The van der Waals surface area contributed by atoms with Gasteiger partial charge >= 0.3 is 0 Å². The van der Waals surface area contributed by atoms with E-state index in [4.69, 9.17) is 5.73 Å². The summed E-state index contributed by atoms with van der Waals surface area (Å²) in [5, 5.41) is 10.2. The summed E-state index contributed by atoms with van der Waals surface area (Å²) in [5.41, 5.74) is 9.11. The molecule has 0 amide bonds. The van der Waals surface area contributed by atoms with E-state index in [1.54, 1.807) is 0 Å². The minimum Gasteiger partial charge on any atom is -0.506 e. The highest BCUT2D eigenvalue weighted by atomic mass is 79.9. The maximum atomic E-state index is 10.2. The predicted octanol–water partition coefficient (Wildman–Crippen LogP) is 2.76. The van der Waals surface area contributed by atoms with Crippen LogP contribution in [-0.4, -0.2) is 11.7 Å². The molecule has 2 rings (SSSR count). The Labute approximate surface area is 98.6 Å². The van der Waals surface area contributed by atoms with Crippen molar-refractivity contribution in [2.75, 3.05) is 6.54 Å². The van der Waals surface area contributed by atoms with Gasteiger partial charge < -0.3 is 10.8 Å². The summed E-state index contributed by atoms with van der Waals surface area (Å²) >= 11 is 3.42. The third kappa shape index (κ3) is 1.58. The largest absolute Gasteiger partial charge is 0.506 e. The van der Waals surface area contributed by atoms with Crippen LogP contribution in [0.15, 0.2) is 10.5 Å². The summed E-state index contributed by atoms with van der Waals surface area (Å²) in [4.78, 5) is 0. The van der Waals surface area contributed by atoms with Crippen molar-refractivity contribution in [2.45, 2.75) is 32.1 Å². The Morgan fingerprint density at radius 1 is 1.40 bits per heavy atom. The van der Waals surface area contributed by atoms with Gasteiger partial charge in [-0.05, 0) is 53.7 Å². The van der Waals surface area contributed by atoms with Crippen LogP contribution >= 0.6 is 15.9 Å². The highest BCUT2D eigenvalue weighted by Crippen LogP contribution is 2.53. The molecule has 82 valence electrons. The number of phenolic OH excluding ortho intramolecular Hbond substituents is 1. The number of phenols is 1. The van der Waals surface area contributed by atoms with Gasteiger partial charge in [-0.15, -0.1) is 0 Å². The van der Waals surface area contributed by atoms with Crippen LogP contribution in [0.25, 0.3) is 0 Å². The number of nitrogens with two attached hydrogens (primary N) is 1. The van der Waals surface area contributed by atoms with E-state index in [1.807, 2.05) is 13.8 Å². The molecule has 1 aromatic rings. The molecule has 0 unspecified atom stereocenters. The SMILES string of the molecule is Cc1cc(C)c(C2(CN)CC2)c(O)c1Br. The maximum Gasteiger partial charge on any atom is 0.134 e. The van der Waals surface area contributed by atoms with Crippen molar-refractivity contribution in [1.82, 2.24) is 0 Å². The van der Waals surface area contributed by atoms with Crippen molar-refractivity contribution < 1.29 is 5.11 Å². The van der Waals surface area contributed by atoms with Crippen LogP contribution in [0, 0.1) is 13.8 Å². The average Bonchev–Trinajstić information content (AvgIpc) is 2.96. The van der Waals surface area contributed by atoms with Gasteiger partial charge in [-0.2, -0.15) is 0 Å². The van der Waals surface area contributed by atoms with Gasteiger partial charge in [0, 0.05) is 17.5 Å². The van der Waals surface area contributed by atoms with E-state index in [0.717, 1.165) is 34.0 Å². The molecular formula is C12H16BrNO. The molecule has 0 atom stereocenters. The molecule has 1 aromatic carbocycles. The smallest absolute Gasteiger partial charge is 0.134 e. The Morgan fingerprint density at radius 2 is 2.00 bits per heavy atom. The van der Waals surface area contributed by atoms with Crippen LogP contribution in [0.3, 0.4) is 0 Å². The summed E-state index contributed by atoms with van der Waals surface area (Å²) in [5.74, 6) is 0.385. The van der Waals surface area contributed by atoms with Crippen LogP contribution < -0.4 is 5.73 Å². The quantitative estimate of drug-likeness (QED) is 0.868. The first kappa shape index (κ1) is 11.0. The van der Waals surface area contributed by atoms with E-state index in [0.29, 0.717) is 12.3 Å². The zero-order chi connectivity index (χ0) is 11.2. The number of halogens is 1. The van der Waals surface area contributed by atoms with Crippen LogP contribution in [0.4, 0.5) is 0 Å². The lowest BCUT2D eigenvalue weighted by Crippen LogP contribution is -2.21. The molecule has 15 heavy (non-hydrogen) atoms. The normalized spacial score (nSPS) is 17.9. The van der Waals surface area contributed by atoms with Gasteiger partial charge in [-0.3, -0.25) is 0 Å². The molecule has 1 aliphatic carbocycles. The van der Waals surface area contributed by atoms with E-state index >= 15 is 0 Å². The van der Waals surface area contributed by atoms with Gasteiger partial charge in [-0.1, -0.05) is 6.07 Å². The van der Waals surface area contributed by atoms with E-state index < -0.39 is 0 Å². The first-order valence-electron chi connectivity index (χ1n) is 5.21. The average molecular weight is 270 g/mol. The first-order valence-corrected chi connectivity index (χ1v) is 6.00. The van der Waals surface area contributed by atoms with Crippen molar-refractivity contribution in [3.63, 3.8) is 0 Å². The summed E-state index contributed by atoms with van der Waals surface area (Å²) < 4.78 is 0.808. The monoisotopic (exact) mass is 269 g/mol. The fourth-order valence-corrected chi connectivity index (χ4v) is 2.63. The summed E-state index contributed by atoms with van der Waals surface area (Å²) in [6.07, 6.45) is 2.18. The highest BCUT2D eigenvalue weighted by molar-refractivity contribution is 9.10. The van der Waals surface area contributed by atoms with Gasteiger partial charge in [0.25, 0.3) is 0 Å². The van der Waals surface area contributed by atoms with Crippen LogP contribution in [0.1, 0.15) is 29.5 Å². The van der Waals surface area contributed by atoms with E-state index in [1.165, 1.54) is 0 Å². The summed E-state index contributed by atoms with van der Waals surface area (Å²) in [6.45, 7) is 4.66. The van der Waals surface area contributed by atoms with E-state index in [-0.39, 0.29) is 5.41 Å². The molecule has 0 saturated heterocycles. The third-order valence-corrected chi connectivity index (χ3v) is 4.39. The molecule has 0 aliphatic heterocycles. The van der Waals surface area contributed by atoms with E-state index in [2.05, 4.69) is 22.0 Å². The molecule has 1 aliphatic rings. The number of aryl methyl sites for hydroxylation is 2. The van der Waals surface area contributed by atoms with Gasteiger partial charge in [0.2, 0.25) is 0 Å². The van der Waals surface area contributed by atoms with Crippen LogP contribution in [-0.2, 0) is 5.41 Å². The number of hydrogen-bond acceptors (Lipinski definition) is 2. The Hall–Kier alpha value is -0.540. The second kappa shape index (κ2) is 3.49. The molecule has 0 spiro atoms. The number of hydrogen-bond donors (Lipinski definition) is 2. The minimum absolute atomic E-state index is 0.0460. The lowest BCUT2D eigenvalue weighted by atomic mass is 9.90. The standard InChI is InChI=1S/C12H16BrNO/c1-7-5-8(2)10(13)11(15)9(7)12(6-14)3-4-12/h5,15H,3-4,6,14H2,1-2H3. The zero-order valence-corrected chi connectivity index (χ0v) is 10.7. The Balaban J connectivity index is 2.62. The van der Waals surface area contributed by atoms with Gasteiger partial charge in [0.05, 0.1) is 4.47 Å². The van der Waals surface area contributed by atoms with Crippen molar-refractivity contribution >= 4 is 15.9 Å². The third-order valence-electron chi connectivity index (χ3n) is 3.39. The maximum absolute atomic E-state index is 10.2. The van der Waals surface area contributed by atoms with Gasteiger partial charge in [0.1, 0.15) is 5.75 Å². The minimum atomic E-state index is 0.0460. The number of benzene rings is 1. The molecule has 0 aromatic heterocycles. The van der Waals surface area contributed by atoms with Gasteiger partial charge in [-0.25, -0.2) is 0 Å². The van der Waals surface area contributed by atoms with Crippen molar-refractivity contribution in [2.24, 2.45) is 5.73 Å². The molecule has 1 fully saturated rings. The second-order valence-electron chi connectivity index (χ2n) is 4.53. The molecule has 3 N–H and O–H groups in total. The molecule has 0 heterocycles. The Bertz CT molecular complexity index is 411. The molecule has 3 heteroatoms. The Morgan fingerprint density at radius 3 is 2.47 bits per heavy atom. The highest BCUT2D eigenvalue weighted by Gasteiger charge is 2.46. The second-order valence-corrected chi connectivity index (χ2v) is 5.33. The number of rotatable bonds is 2. The van der Waals surface area contributed by atoms with Crippen LogP contribution in [0.2, 0.25) is 0 Å². The predicted molar refractivity (Wildman–Crippen MR) is 65.2 cm³/mol.